The maximum atomic E-state index is 12.2. The van der Waals surface area contributed by atoms with E-state index in [1.165, 1.54) is 0 Å². The summed E-state index contributed by atoms with van der Waals surface area (Å²) in [6.07, 6.45) is 2.32. The number of rotatable bonds is 3. The molecule has 0 aromatic carbocycles. The Kier molecular flexibility index (Phi) is 5.86. The third-order valence-corrected chi connectivity index (χ3v) is 4.96. The number of carbonyl (C=O) groups excluding carboxylic acids is 1. The summed E-state index contributed by atoms with van der Waals surface area (Å²) < 4.78 is 7.45. The van der Waals surface area contributed by atoms with E-state index in [-0.39, 0.29) is 12.0 Å². The van der Waals surface area contributed by atoms with Gasteiger partial charge in [-0.25, -0.2) is 3.11 Å². The van der Waals surface area contributed by atoms with Crippen LogP contribution in [-0.4, -0.2) is 77.3 Å². The number of hydrogen-bond donors (Lipinski definition) is 0. The zero-order valence-electron chi connectivity index (χ0n) is 11.8. The molecule has 0 aromatic heterocycles. The van der Waals surface area contributed by atoms with E-state index in [4.69, 9.17) is 4.74 Å². The van der Waals surface area contributed by atoms with Crippen molar-refractivity contribution in [2.75, 3.05) is 46.4 Å². The van der Waals surface area contributed by atoms with E-state index in [0.29, 0.717) is 12.6 Å². The van der Waals surface area contributed by atoms with E-state index in [2.05, 4.69) is 42.8 Å². The van der Waals surface area contributed by atoms with Crippen molar-refractivity contribution in [3.05, 3.63) is 0 Å². The molecule has 110 valence electrons. The summed E-state index contributed by atoms with van der Waals surface area (Å²) in [5.74, 6) is -0.0530. The molecule has 6 heteroatoms. The smallest absolute Gasteiger partial charge is 0.324 e. The van der Waals surface area contributed by atoms with Gasteiger partial charge < -0.3 is 9.64 Å². The van der Waals surface area contributed by atoms with E-state index in [0.717, 1.165) is 45.6 Å². The van der Waals surface area contributed by atoms with Crippen molar-refractivity contribution in [2.45, 2.75) is 31.8 Å². The molecule has 2 heterocycles. The highest BCUT2D eigenvalue weighted by atomic mass is 127. The second kappa shape index (κ2) is 7.19. The monoisotopic (exact) mass is 381 g/mol. The van der Waals surface area contributed by atoms with Gasteiger partial charge in [0.2, 0.25) is 0 Å². The summed E-state index contributed by atoms with van der Waals surface area (Å²) in [4.78, 5) is 16.9. The standard InChI is InChI=1S/C13H24IN3O2/c1-3-19-13(18)12-10-16(14)8-9-17(12)11-4-6-15(2)7-5-11/h11-12H,3-10H2,1-2H3. The lowest BCUT2D eigenvalue weighted by Crippen LogP contribution is -2.59. The highest BCUT2D eigenvalue weighted by Crippen LogP contribution is 2.23. The molecule has 19 heavy (non-hydrogen) atoms. The van der Waals surface area contributed by atoms with E-state index in [1.807, 2.05) is 6.92 Å². The van der Waals surface area contributed by atoms with Crippen LogP contribution in [0.2, 0.25) is 0 Å². The fourth-order valence-corrected chi connectivity index (χ4v) is 3.56. The summed E-state index contributed by atoms with van der Waals surface area (Å²) >= 11 is 2.31. The molecule has 0 amide bonds. The molecule has 0 aromatic rings. The first-order chi connectivity index (χ1) is 9.11. The number of nitrogens with zero attached hydrogens (tertiary/aromatic N) is 3. The lowest BCUT2D eigenvalue weighted by molar-refractivity contribution is -0.152. The van der Waals surface area contributed by atoms with Gasteiger partial charge in [-0.05, 0) is 39.9 Å². The largest absolute Gasteiger partial charge is 0.465 e. The number of likely N-dealkylation sites (tertiary alicyclic amines) is 1. The lowest BCUT2D eigenvalue weighted by atomic mass is 10.00. The van der Waals surface area contributed by atoms with Crippen LogP contribution in [0.1, 0.15) is 19.8 Å². The average Bonchev–Trinajstić information content (AvgIpc) is 2.40. The van der Waals surface area contributed by atoms with Crippen LogP contribution in [0.25, 0.3) is 0 Å². The van der Waals surface area contributed by atoms with Crippen molar-refractivity contribution >= 4 is 28.8 Å². The molecule has 0 bridgehead atoms. The zero-order valence-corrected chi connectivity index (χ0v) is 14.0. The predicted octanol–water partition coefficient (Wildman–Crippen LogP) is 0.980. The summed E-state index contributed by atoms with van der Waals surface area (Å²) in [7, 11) is 2.17. The quantitative estimate of drug-likeness (QED) is 0.414. The van der Waals surface area contributed by atoms with Crippen molar-refractivity contribution < 1.29 is 9.53 Å². The van der Waals surface area contributed by atoms with Gasteiger partial charge in [0.25, 0.3) is 0 Å². The van der Waals surface area contributed by atoms with E-state index >= 15 is 0 Å². The minimum atomic E-state index is -0.0843. The number of ether oxygens (including phenoxy) is 1. The SMILES string of the molecule is CCOC(=O)C1CN(I)CCN1C1CCN(C)CC1. The zero-order chi connectivity index (χ0) is 13.8. The molecule has 2 saturated heterocycles. The molecule has 1 atom stereocenters. The van der Waals surface area contributed by atoms with Gasteiger partial charge >= 0.3 is 5.97 Å². The number of halogens is 1. The van der Waals surface area contributed by atoms with Crippen molar-refractivity contribution in [1.82, 2.24) is 12.9 Å². The first-order valence-electron chi connectivity index (χ1n) is 7.13. The van der Waals surface area contributed by atoms with Gasteiger partial charge in [0.05, 0.1) is 6.61 Å². The Morgan fingerprint density at radius 1 is 1.26 bits per heavy atom. The van der Waals surface area contributed by atoms with Crippen LogP contribution >= 0.6 is 22.9 Å². The van der Waals surface area contributed by atoms with Crippen LogP contribution in [0.4, 0.5) is 0 Å². The fraction of sp³-hybridized carbons (Fsp3) is 0.923. The highest BCUT2D eigenvalue weighted by molar-refractivity contribution is 14.1. The molecule has 2 aliphatic rings. The Morgan fingerprint density at radius 3 is 2.58 bits per heavy atom. The summed E-state index contributed by atoms with van der Waals surface area (Å²) in [5.41, 5.74) is 0. The molecule has 0 aliphatic carbocycles. The molecular formula is C13H24IN3O2. The molecule has 0 spiro atoms. The normalized spacial score (nSPS) is 28.5. The van der Waals surface area contributed by atoms with Gasteiger partial charge in [0.1, 0.15) is 6.04 Å². The van der Waals surface area contributed by atoms with Gasteiger partial charge in [-0.2, -0.15) is 0 Å². The third-order valence-electron chi connectivity index (χ3n) is 4.09. The lowest BCUT2D eigenvalue weighted by Gasteiger charge is -2.44. The molecule has 0 radical (unpaired) electrons. The Hall–Kier alpha value is 0.0800. The number of hydrogen-bond acceptors (Lipinski definition) is 5. The maximum absolute atomic E-state index is 12.2. The molecule has 2 aliphatic heterocycles. The molecule has 2 rings (SSSR count). The van der Waals surface area contributed by atoms with Gasteiger partial charge in [0, 0.05) is 48.5 Å². The minimum absolute atomic E-state index is 0.0530. The third kappa shape index (κ3) is 4.03. The van der Waals surface area contributed by atoms with E-state index < -0.39 is 0 Å². The van der Waals surface area contributed by atoms with Crippen molar-refractivity contribution in [1.29, 1.82) is 0 Å². The van der Waals surface area contributed by atoms with Crippen LogP contribution in [0.5, 0.6) is 0 Å². The van der Waals surface area contributed by atoms with Crippen molar-refractivity contribution in [3.63, 3.8) is 0 Å². The Bertz CT molecular complexity index is 308. The van der Waals surface area contributed by atoms with Crippen LogP contribution in [0.3, 0.4) is 0 Å². The average molecular weight is 381 g/mol. The van der Waals surface area contributed by atoms with Gasteiger partial charge in [-0.15, -0.1) is 0 Å². The number of carbonyl (C=O) groups is 1. The topological polar surface area (TPSA) is 36.0 Å². The van der Waals surface area contributed by atoms with Gasteiger partial charge in [-0.1, -0.05) is 0 Å². The van der Waals surface area contributed by atoms with Gasteiger partial charge in [0.15, 0.2) is 0 Å². The first kappa shape index (κ1) is 15.5. The molecule has 5 nitrogen and oxygen atoms in total. The summed E-state index contributed by atoms with van der Waals surface area (Å²) in [5, 5.41) is 0. The van der Waals surface area contributed by atoms with Gasteiger partial charge in [-0.3, -0.25) is 9.69 Å². The summed E-state index contributed by atoms with van der Waals surface area (Å²) in [6, 6.07) is 0.453. The number of piperazine rings is 1. The second-order valence-electron chi connectivity index (χ2n) is 5.41. The predicted molar refractivity (Wildman–Crippen MR) is 83.2 cm³/mol. The molecule has 1 unspecified atom stereocenters. The van der Waals surface area contributed by atoms with Crippen LogP contribution < -0.4 is 0 Å². The Labute approximate surface area is 129 Å². The fourth-order valence-electron chi connectivity index (χ4n) is 2.98. The first-order valence-corrected chi connectivity index (χ1v) is 8.10. The molecule has 0 N–H and O–H groups in total. The Morgan fingerprint density at radius 2 is 1.95 bits per heavy atom. The van der Waals surface area contributed by atoms with Crippen LogP contribution in [-0.2, 0) is 9.53 Å². The van der Waals surface area contributed by atoms with E-state index in [9.17, 15) is 4.79 Å². The highest BCUT2D eigenvalue weighted by Gasteiger charge is 2.37. The number of piperidine rings is 1. The van der Waals surface area contributed by atoms with Crippen LogP contribution in [0, 0.1) is 0 Å². The van der Waals surface area contributed by atoms with Crippen molar-refractivity contribution in [2.24, 2.45) is 0 Å². The molecular weight excluding hydrogens is 357 g/mol. The maximum Gasteiger partial charge on any atom is 0.324 e. The minimum Gasteiger partial charge on any atom is -0.465 e. The molecule has 0 saturated carbocycles. The molecule has 2 fully saturated rings. The summed E-state index contributed by atoms with van der Waals surface area (Å²) in [6.45, 7) is 7.39. The number of esters is 1. The van der Waals surface area contributed by atoms with Crippen molar-refractivity contribution in [3.8, 4) is 0 Å². The Balaban J connectivity index is 2.01. The van der Waals surface area contributed by atoms with E-state index in [1.54, 1.807) is 0 Å². The van der Waals surface area contributed by atoms with Crippen LogP contribution in [0.15, 0.2) is 0 Å². The second-order valence-corrected chi connectivity index (χ2v) is 6.77.